The van der Waals surface area contributed by atoms with Gasteiger partial charge in [0.15, 0.2) is 0 Å². The number of phenolic OH excluding ortho intramolecular Hbond substituents is 1. The molecule has 1 aromatic carbocycles. The molecule has 0 bridgehead atoms. The van der Waals surface area contributed by atoms with Crippen molar-refractivity contribution in [3.05, 3.63) is 29.8 Å². The molecule has 110 valence electrons. The van der Waals surface area contributed by atoms with Crippen molar-refractivity contribution in [2.75, 3.05) is 6.54 Å². The summed E-state index contributed by atoms with van der Waals surface area (Å²) in [6.45, 7) is 5.95. The van der Waals surface area contributed by atoms with E-state index in [1.165, 1.54) is 12.1 Å². The molecule has 0 saturated carbocycles. The van der Waals surface area contributed by atoms with Gasteiger partial charge in [-0.05, 0) is 30.0 Å². The van der Waals surface area contributed by atoms with Gasteiger partial charge >= 0.3 is 5.97 Å². The van der Waals surface area contributed by atoms with Gasteiger partial charge in [0.2, 0.25) is 0 Å². The molecule has 0 aliphatic heterocycles. The summed E-state index contributed by atoms with van der Waals surface area (Å²) in [7, 11) is 0. The second kappa shape index (κ2) is 6.41. The van der Waals surface area contributed by atoms with E-state index in [9.17, 15) is 19.8 Å². The monoisotopic (exact) mass is 279 g/mol. The number of aromatic hydroxyl groups is 1. The highest BCUT2D eigenvalue weighted by Gasteiger charge is 2.25. The predicted octanol–water partition coefficient (Wildman–Crippen LogP) is 2.26. The third-order valence-corrected chi connectivity index (χ3v) is 2.83. The Morgan fingerprint density at radius 2 is 1.95 bits per heavy atom. The number of carbonyl (C=O) groups is 2. The van der Waals surface area contributed by atoms with Crippen LogP contribution in [0.3, 0.4) is 0 Å². The highest BCUT2D eigenvalue weighted by atomic mass is 16.4. The van der Waals surface area contributed by atoms with Crippen molar-refractivity contribution >= 4 is 11.9 Å². The quantitative estimate of drug-likeness (QED) is 0.771. The maximum Gasteiger partial charge on any atom is 0.308 e. The van der Waals surface area contributed by atoms with Crippen molar-refractivity contribution in [2.45, 2.75) is 27.2 Å². The van der Waals surface area contributed by atoms with E-state index in [4.69, 9.17) is 0 Å². The number of carboxylic acid groups (broad SMARTS) is 1. The summed E-state index contributed by atoms with van der Waals surface area (Å²) in [5.41, 5.74) is 0.184. The van der Waals surface area contributed by atoms with Crippen molar-refractivity contribution in [3.8, 4) is 5.75 Å². The van der Waals surface area contributed by atoms with Crippen LogP contribution in [-0.4, -0.2) is 28.6 Å². The van der Waals surface area contributed by atoms with Crippen molar-refractivity contribution in [3.63, 3.8) is 0 Å². The Hall–Kier alpha value is -2.04. The summed E-state index contributed by atoms with van der Waals surface area (Å²) < 4.78 is 0. The fourth-order valence-corrected chi connectivity index (χ4v) is 1.95. The molecule has 5 nitrogen and oxygen atoms in total. The van der Waals surface area contributed by atoms with Crippen LogP contribution in [0.4, 0.5) is 0 Å². The summed E-state index contributed by atoms with van der Waals surface area (Å²) in [5, 5.41) is 21.1. The van der Waals surface area contributed by atoms with Crippen molar-refractivity contribution in [2.24, 2.45) is 11.3 Å². The summed E-state index contributed by atoms with van der Waals surface area (Å²) >= 11 is 0. The van der Waals surface area contributed by atoms with Crippen LogP contribution >= 0.6 is 0 Å². The van der Waals surface area contributed by atoms with Crippen LogP contribution in [0.1, 0.15) is 37.6 Å². The lowest BCUT2D eigenvalue weighted by Crippen LogP contribution is -2.35. The molecule has 1 unspecified atom stereocenters. The molecule has 0 aromatic heterocycles. The highest BCUT2D eigenvalue weighted by Crippen LogP contribution is 2.24. The Balaban J connectivity index is 2.64. The van der Waals surface area contributed by atoms with Gasteiger partial charge in [-0.25, -0.2) is 0 Å². The zero-order valence-corrected chi connectivity index (χ0v) is 12.0. The molecule has 0 heterocycles. The van der Waals surface area contributed by atoms with Crippen LogP contribution in [0.15, 0.2) is 24.3 Å². The summed E-state index contributed by atoms with van der Waals surface area (Å²) in [4.78, 5) is 23.1. The molecule has 3 N–H and O–H groups in total. The first-order valence-corrected chi connectivity index (χ1v) is 6.49. The van der Waals surface area contributed by atoms with Gasteiger partial charge in [0.05, 0.1) is 5.92 Å². The summed E-state index contributed by atoms with van der Waals surface area (Å²) in [6.07, 6.45) is 0.475. The minimum atomic E-state index is -0.920. The van der Waals surface area contributed by atoms with Gasteiger partial charge in [0.1, 0.15) is 5.75 Å². The first kappa shape index (κ1) is 16.0. The number of aliphatic carboxylic acids is 1. The van der Waals surface area contributed by atoms with E-state index >= 15 is 0 Å². The highest BCUT2D eigenvalue weighted by molar-refractivity contribution is 5.94. The van der Waals surface area contributed by atoms with Crippen LogP contribution in [0.2, 0.25) is 0 Å². The molecule has 0 aliphatic carbocycles. The van der Waals surface area contributed by atoms with E-state index in [1.54, 1.807) is 12.1 Å². The largest absolute Gasteiger partial charge is 0.508 e. The number of benzene rings is 1. The maximum absolute atomic E-state index is 11.9. The molecule has 1 rings (SSSR count). The average Bonchev–Trinajstić information content (AvgIpc) is 2.32. The molecular formula is C15H21NO4. The maximum atomic E-state index is 11.9. The van der Waals surface area contributed by atoms with Crippen LogP contribution in [-0.2, 0) is 4.79 Å². The topological polar surface area (TPSA) is 86.6 Å². The lowest BCUT2D eigenvalue weighted by molar-refractivity contribution is -0.142. The Kier molecular flexibility index (Phi) is 5.13. The number of nitrogens with one attached hydrogen (secondary N) is 1. The Bertz CT molecular complexity index is 491. The van der Waals surface area contributed by atoms with Crippen molar-refractivity contribution in [1.29, 1.82) is 0 Å². The molecule has 0 spiro atoms. The normalized spacial score (nSPS) is 12.8. The molecule has 1 aromatic rings. The van der Waals surface area contributed by atoms with E-state index in [0.717, 1.165) is 0 Å². The number of carboxylic acids is 1. The number of amides is 1. The van der Waals surface area contributed by atoms with Gasteiger partial charge in [-0.15, -0.1) is 0 Å². The van der Waals surface area contributed by atoms with Gasteiger partial charge in [0, 0.05) is 12.1 Å². The Labute approximate surface area is 118 Å². The molecular weight excluding hydrogens is 258 g/mol. The molecule has 0 aliphatic rings. The zero-order chi connectivity index (χ0) is 15.3. The number of hydrogen-bond donors (Lipinski definition) is 3. The van der Waals surface area contributed by atoms with E-state index < -0.39 is 11.9 Å². The first-order valence-electron chi connectivity index (χ1n) is 6.49. The summed E-state index contributed by atoms with van der Waals surface area (Å²) in [5.74, 6) is -1.93. The predicted molar refractivity (Wildman–Crippen MR) is 75.6 cm³/mol. The van der Waals surface area contributed by atoms with Crippen molar-refractivity contribution < 1.29 is 19.8 Å². The standard InChI is InChI=1S/C15H21NO4/c1-15(2,3)8-11(14(19)20)9-16-13(18)10-5-4-6-12(17)7-10/h4-7,11,17H,8-9H2,1-3H3,(H,16,18)(H,19,20). The van der Waals surface area contributed by atoms with Gasteiger partial charge in [0.25, 0.3) is 5.91 Å². The van der Waals surface area contributed by atoms with Gasteiger partial charge in [-0.1, -0.05) is 26.8 Å². The third-order valence-electron chi connectivity index (χ3n) is 2.83. The zero-order valence-electron chi connectivity index (χ0n) is 12.0. The third kappa shape index (κ3) is 5.30. The molecule has 0 radical (unpaired) electrons. The van der Waals surface area contributed by atoms with Gasteiger partial charge in [-0.2, -0.15) is 0 Å². The van der Waals surface area contributed by atoms with Crippen molar-refractivity contribution in [1.82, 2.24) is 5.32 Å². The molecule has 20 heavy (non-hydrogen) atoms. The van der Waals surface area contributed by atoms with Crippen LogP contribution in [0, 0.1) is 11.3 Å². The van der Waals surface area contributed by atoms with Gasteiger partial charge in [-0.3, -0.25) is 9.59 Å². The minimum Gasteiger partial charge on any atom is -0.508 e. The SMILES string of the molecule is CC(C)(C)CC(CNC(=O)c1cccc(O)c1)C(=O)O. The Morgan fingerprint density at radius 3 is 2.45 bits per heavy atom. The van der Waals surface area contributed by atoms with Crippen LogP contribution < -0.4 is 5.32 Å². The minimum absolute atomic E-state index is 0.00197. The van der Waals surface area contributed by atoms with Crippen LogP contribution in [0.5, 0.6) is 5.75 Å². The fourth-order valence-electron chi connectivity index (χ4n) is 1.95. The van der Waals surface area contributed by atoms with E-state index in [1.807, 2.05) is 20.8 Å². The Morgan fingerprint density at radius 1 is 1.30 bits per heavy atom. The smallest absolute Gasteiger partial charge is 0.308 e. The molecule has 5 heteroatoms. The fraction of sp³-hybridized carbons (Fsp3) is 0.467. The first-order chi connectivity index (χ1) is 9.19. The van der Waals surface area contributed by atoms with E-state index in [2.05, 4.69) is 5.32 Å². The van der Waals surface area contributed by atoms with E-state index in [0.29, 0.717) is 12.0 Å². The molecule has 0 saturated heterocycles. The second-order valence-electron chi connectivity index (χ2n) is 6.06. The van der Waals surface area contributed by atoms with Gasteiger partial charge < -0.3 is 15.5 Å². The second-order valence-corrected chi connectivity index (χ2v) is 6.06. The molecule has 1 amide bonds. The van der Waals surface area contributed by atoms with Crippen LogP contribution in [0.25, 0.3) is 0 Å². The lowest BCUT2D eigenvalue weighted by atomic mass is 9.84. The number of rotatable bonds is 5. The average molecular weight is 279 g/mol. The summed E-state index contributed by atoms with van der Waals surface area (Å²) in [6, 6.07) is 5.94. The molecule has 1 atom stereocenters. The van der Waals surface area contributed by atoms with E-state index in [-0.39, 0.29) is 23.6 Å². The number of phenols is 1. The lowest BCUT2D eigenvalue weighted by Gasteiger charge is -2.23. The number of carbonyl (C=O) groups excluding carboxylic acids is 1. The number of hydrogen-bond acceptors (Lipinski definition) is 3. The molecule has 0 fully saturated rings.